The van der Waals surface area contributed by atoms with Crippen molar-refractivity contribution in [2.24, 2.45) is 17.8 Å². The molecule has 3 fully saturated rings. The summed E-state index contributed by atoms with van der Waals surface area (Å²) in [6.07, 6.45) is -8.43. The molecule has 65 heavy (non-hydrogen) atoms. The summed E-state index contributed by atoms with van der Waals surface area (Å²) in [7, 11) is 5.25. The normalized spacial score (nSPS) is 41.8. The number of amides is 2. The number of rotatable bonds is 13. The van der Waals surface area contributed by atoms with Gasteiger partial charge in [0.25, 0.3) is 0 Å². The highest BCUT2D eigenvalue weighted by Gasteiger charge is 2.53. The van der Waals surface area contributed by atoms with Gasteiger partial charge in [0, 0.05) is 57.7 Å². The van der Waals surface area contributed by atoms with Gasteiger partial charge in [-0.2, -0.15) is 0 Å². The zero-order valence-electron chi connectivity index (χ0n) is 41.3. The highest BCUT2D eigenvalue weighted by molar-refractivity contribution is 5.74. The molecule has 0 aromatic heterocycles. The molecule has 17 nitrogen and oxygen atoms in total. The van der Waals surface area contributed by atoms with E-state index in [1.165, 1.54) is 14.0 Å². The maximum absolute atomic E-state index is 14.5. The van der Waals surface area contributed by atoms with Gasteiger partial charge >= 0.3 is 12.0 Å². The number of aliphatic hydroxyl groups excluding tert-OH is 3. The Kier molecular flexibility index (Phi) is 20.1. The summed E-state index contributed by atoms with van der Waals surface area (Å²) in [6.45, 7) is 18.6. The van der Waals surface area contributed by atoms with Gasteiger partial charge in [-0.05, 0) is 99.7 Å². The van der Waals surface area contributed by atoms with E-state index >= 15 is 0 Å². The van der Waals surface area contributed by atoms with Gasteiger partial charge in [-0.25, -0.2) is 4.79 Å². The Bertz CT molecular complexity index is 1620. The van der Waals surface area contributed by atoms with E-state index in [0.717, 1.165) is 5.56 Å². The summed E-state index contributed by atoms with van der Waals surface area (Å²) in [6, 6.07) is 8.46. The van der Waals surface area contributed by atoms with Crippen molar-refractivity contribution in [3.8, 4) is 0 Å². The average molecular weight is 925 g/mol. The first kappa shape index (κ1) is 55.1. The maximum Gasteiger partial charge on any atom is 0.314 e. The van der Waals surface area contributed by atoms with Crippen molar-refractivity contribution in [2.75, 3.05) is 47.4 Å². The smallest absolute Gasteiger partial charge is 0.314 e. The zero-order chi connectivity index (χ0) is 48.6. The molecule has 3 aliphatic heterocycles. The third-order valence-electron chi connectivity index (χ3n) is 14.3. The van der Waals surface area contributed by atoms with Crippen LogP contribution in [0.1, 0.15) is 100 Å². The summed E-state index contributed by atoms with van der Waals surface area (Å²) in [5.74, 6) is -2.91. The Hall–Kier alpha value is -2.52. The fraction of sp³-hybridized carbons (Fsp3) is 0.833. The van der Waals surface area contributed by atoms with Crippen LogP contribution >= 0.6 is 0 Å². The van der Waals surface area contributed by atoms with Crippen molar-refractivity contribution in [1.82, 2.24) is 20.4 Å². The quantitative estimate of drug-likeness (QED) is 0.142. The second-order valence-corrected chi connectivity index (χ2v) is 20.1. The Morgan fingerprint density at radius 3 is 2.18 bits per heavy atom. The van der Waals surface area contributed by atoms with Crippen LogP contribution in [0.4, 0.5) is 4.79 Å². The van der Waals surface area contributed by atoms with Crippen molar-refractivity contribution in [3.05, 3.63) is 35.9 Å². The fourth-order valence-electron chi connectivity index (χ4n) is 10.2. The number of benzene rings is 1. The topological polar surface area (TPSA) is 221 Å². The Morgan fingerprint density at radius 1 is 0.923 bits per heavy atom. The van der Waals surface area contributed by atoms with Crippen LogP contribution in [-0.4, -0.2) is 185 Å². The Morgan fingerprint density at radius 2 is 1.57 bits per heavy atom. The highest BCUT2D eigenvalue weighted by atomic mass is 16.7. The number of urea groups is 1. The Labute approximate surface area is 387 Å². The second kappa shape index (κ2) is 23.7. The van der Waals surface area contributed by atoms with Crippen molar-refractivity contribution >= 4 is 12.0 Å². The number of methoxy groups -OCH3 is 1. The number of nitrogens with one attached hydrogen (secondary N) is 2. The lowest BCUT2D eigenvalue weighted by molar-refractivity contribution is -0.318. The minimum Gasteiger partial charge on any atom is -0.459 e. The number of aliphatic hydroxyl groups is 5. The maximum atomic E-state index is 14.5. The predicted octanol–water partition coefficient (Wildman–Crippen LogP) is 2.81. The molecule has 0 spiro atoms. The van der Waals surface area contributed by atoms with E-state index in [1.54, 1.807) is 48.5 Å². The van der Waals surface area contributed by atoms with Gasteiger partial charge in [0.15, 0.2) is 12.6 Å². The summed E-state index contributed by atoms with van der Waals surface area (Å²) in [4.78, 5) is 31.3. The minimum atomic E-state index is -1.93. The van der Waals surface area contributed by atoms with Crippen LogP contribution in [-0.2, 0) is 39.6 Å². The predicted molar refractivity (Wildman–Crippen MR) is 245 cm³/mol. The number of carbonyl (C=O) groups is 2. The SMILES string of the molecule is CC[C@H]1OC(=O)[C@H](C)[C@@H](O[C@H]2C[C@@](C)(OC)[C@@H](O)[C@H](C)O2)[C@H](C)[C@@H](O[C@@H]2O[C@H](C)C[C@H](N(C)C)[C@H]2O)[C@](C)(O)C[C@@H](C)CN(CCNC(=O)NCCc2ccccc2)[C@H](C)[C@@H](O)[C@]1(C)O. The summed E-state index contributed by atoms with van der Waals surface area (Å²) < 4.78 is 38.0. The van der Waals surface area contributed by atoms with E-state index in [1.807, 2.05) is 68.1 Å². The molecule has 2 amide bonds. The molecular formula is C48H84N4O13. The van der Waals surface area contributed by atoms with Gasteiger partial charge in [-0.3, -0.25) is 9.69 Å². The van der Waals surface area contributed by atoms with E-state index in [2.05, 4.69) is 10.6 Å². The molecule has 7 N–H and O–H groups in total. The molecule has 0 bridgehead atoms. The number of cyclic esters (lactones) is 1. The molecule has 0 saturated carbocycles. The fourth-order valence-corrected chi connectivity index (χ4v) is 10.2. The third-order valence-corrected chi connectivity index (χ3v) is 14.3. The van der Waals surface area contributed by atoms with E-state index in [4.69, 9.17) is 28.4 Å². The molecule has 17 heteroatoms. The minimum absolute atomic E-state index is 0.0990. The first-order chi connectivity index (χ1) is 30.4. The lowest BCUT2D eigenvalue weighted by Gasteiger charge is -2.48. The number of carbonyl (C=O) groups excluding carboxylic acids is 2. The zero-order valence-corrected chi connectivity index (χ0v) is 41.3. The molecule has 4 rings (SSSR count). The molecule has 3 aliphatic rings. The van der Waals surface area contributed by atoms with Crippen molar-refractivity contribution in [1.29, 1.82) is 0 Å². The standard InChI is InChI=1S/C48H84N4O13/c1-14-36-48(10,59)40(54)32(6)52(23-22-50-45(57)49-21-20-34-18-16-15-17-19-34)27-28(2)25-46(8,58)42(65-44-38(53)35(51(11)12)24-29(3)61-44)30(4)39(31(5)43(56)63-36)64-37-26-47(9,60-13)41(55)33(7)62-37/h15-19,28-33,35-42,44,53-55,58-59H,14,20-27H2,1-13H3,(H2,49,50,57)/t28-,29-,30+,31-,32-,33+,35+,36-,37+,38-,39+,40-,41+,42-,44+,46-,47-,48-/m1/s1. The first-order valence-corrected chi connectivity index (χ1v) is 23.7. The van der Waals surface area contributed by atoms with Crippen LogP contribution in [0, 0.1) is 17.8 Å². The number of hydrogen-bond acceptors (Lipinski definition) is 15. The number of esters is 1. The van der Waals surface area contributed by atoms with Crippen molar-refractivity contribution < 1.29 is 63.5 Å². The largest absolute Gasteiger partial charge is 0.459 e. The van der Waals surface area contributed by atoms with Crippen LogP contribution in [0.3, 0.4) is 0 Å². The molecule has 3 saturated heterocycles. The number of hydrogen-bond donors (Lipinski definition) is 7. The lowest BCUT2D eigenvalue weighted by atomic mass is 9.77. The van der Waals surface area contributed by atoms with E-state index < -0.39 is 96.0 Å². The number of nitrogens with zero attached hydrogens (tertiary/aromatic N) is 2. The number of likely N-dealkylation sites (N-methyl/N-ethyl adjacent to an activating group) is 1. The van der Waals surface area contributed by atoms with Crippen molar-refractivity contribution in [2.45, 2.75) is 192 Å². The number of ether oxygens (including phenoxy) is 6. The molecule has 1 aromatic rings. The van der Waals surface area contributed by atoms with Crippen LogP contribution in [0.15, 0.2) is 30.3 Å². The van der Waals surface area contributed by atoms with E-state index in [-0.39, 0.29) is 56.4 Å². The molecule has 18 atom stereocenters. The van der Waals surface area contributed by atoms with Crippen molar-refractivity contribution in [3.63, 3.8) is 0 Å². The monoisotopic (exact) mass is 925 g/mol. The van der Waals surface area contributed by atoms with Gasteiger partial charge in [-0.1, -0.05) is 51.1 Å². The van der Waals surface area contributed by atoms with Crippen LogP contribution < -0.4 is 10.6 Å². The molecule has 374 valence electrons. The third kappa shape index (κ3) is 14.0. The lowest BCUT2D eigenvalue weighted by Crippen LogP contribution is -2.60. The van der Waals surface area contributed by atoms with Gasteiger partial charge in [0.1, 0.15) is 30.0 Å². The molecule has 0 unspecified atom stereocenters. The van der Waals surface area contributed by atoms with Crippen LogP contribution in [0.5, 0.6) is 0 Å². The highest BCUT2D eigenvalue weighted by Crippen LogP contribution is 2.40. The molecule has 3 heterocycles. The van der Waals surface area contributed by atoms with Gasteiger partial charge < -0.3 is 69.5 Å². The molecule has 0 radical (unpaired) electrons. The van der Waals surface area contributed by atoms with Crippen LogP contribution in [0.2, 0.25) is 0 Å². The second-order valence-electron chi connectivity index (χ2n) is 20.1. The summed E-state index contributed by atoms with van der Waals surface area (Å²) in [5.41, 5.74) is -3.56. The van der Waals surface area contributed by atoms with E-state index in [9.17, 15) is 35.1 Å². The van der Waals surface area contributed by atoms with E-state index in [0.29, 0.717) is 25.9 Å². The molecule has 0 aliphatic carbocycles. The molecule has 1 aromatic carbocycles. The first-order valence-electron chi connectivity index (χ1n) is 23.7. The van der Waals surface area contributed by atoms with Crippen LogP contribution in [0.25, 0.3) is 0 Å². The summed E-state index contributed by atoms with van der Waals surface area (Å²) in [5, 5.41) is 65.6. The molecular weight excluding hydrogens is 841 g/mol. The van der Waals surface area contributed by atoms with Gasteiger partial charge in [0.2, 0.25) is 0 Å². The average Bonchev–Trinajstić information content (AvgIpc) is 3.24. The van der Waals surface area contributed by atoms with Gasteiger partial charge in [-0.15, -0.1) is 0 Å². The van der Waals surface area contributed by atoms with Gasteiger partial charge in [0.05, 0.1) is 41.5 Å². The Balaban J connectivity index is 1.73. The summed E-state index contributed by atoms with van der Waals surface area (Å²) >= 11 is 0.